The molecular weight excluding hydrogens is 307 g/mol. The zero-order chi connectivity index (χ0) is 16.9. The zero-order valence-corrected chi connectivity index (χ0v) is 13.5. The maximum Gasteiger partial charge on any atom is 0.223 e. The highest BCUT2D eigenvalue weighted by molar-refractivity contribution is 5.77. The molecule has 1 amide bonds. The van der Waals surface area contributed by atoms with E-state index in [2.05, 4.69) is 0 Å². The normalized spacial score (nSPS) is 17.7. The highest BCUT2D eigenvalue weighted by Crippen LogP contribution is 2.23. The third-order valence-corrected chi connectivity index (χ3v) is 4.30. The van der Waals surface area contributed by atoms with E-state index in [9.17, 15) is 9.18 Å². The van der Waals surface area contributed by atoms with Crippen molar-refractivity contribution in [2.45, 2.75) is 18.9 Å². The second-order valence-electron chi connectivity index (χ2n) is 5.95. The molecule has 2 aromatic carbocycles. The minimum atomic E-state index is -0.292. The molecule has 0 bridgehead atoms. The van der Waals surface area contributed by atoms with Gasteiger partial charge in [-0.25, -0.2) is 4.39 Å². The average Bonchev–Trinajstić information content (AvgIpc) is 2.61. The van der Waals surface area contributed by atoms with Crippen molar-refractivity contribution in [3.8, 4) is 0 Å². The van der Waals surface area contributed by atoms with Crippen molar-refractivity contribution in [1.82, 2.24) is 4.90 Å². The number of morpholine rings is 1. The lowest BCUT2D eigenvalue weighted by molar-refractivity contribution is -0.139. The van der Waals surface area contributed by atoms with Crippen LogP contribution in [0.2, 0.25) is 0 Å². The molecule has 0 radical (unpaired) electrons. The maximum atomic E-state index is 13.4. The van der Waals surface area contributed by atoms with E-state index in [1.54, 1.807) is 11.0 Å². The molecule has 2 N–H and O–H groups in total. The summed E-state index contributed by atoms with van der Waals surface area (Å²) >= 11 is 0. The number of halogens is 1. The molecule has 1 atom stereocenters. The van der Waals surface area contributed by atoms with Gasteiger partial charge in [0.2, 0.25) is 5.91 Å². The van der Waals surface area contributed by atoms with Crippen molar-refractivity contribution in [3.63, 3.8) is 0 Å². The Labute approximate surface area is 141 Å². The van der Waals surface area contributed by atoms with Crippen LogP contribution in [0.15, 0.2) is 48.5 Å². The Morgan fingerprint density at radius 2 is 2.08 bits per heavy atom. The lowest BCUT2D eigenvalue weighted by atomic mass is 10.1. The summed E-state index contributed by atoms with van der Waals surface area (Å²) in [7, 11) is 0. The van der Waals surface area contributed by atoms with Gasteiger partial charge in [0.25, 0.3) is 0 Å². The van der Waals surface area contributed by atoms with Gasteiger partial charge in [0.05, 0.1) is 13.2 Å². The molecule has 1 fully saturated rings. The van der Waals surface area contributed by atoms with Crippen LogP contribution in [0.1, 0.15) is 23.7 Å². The predicted molar refractivity (Wildman–Crippen MR) is 90.8 cm³/mol. The fourth-order valence-corrected chi connectivity index (χ4v) is 2.95. The molecule has 0 saturated carbocycles. The number of carbonyl (C=O) groups is 1. The standard InChI is InChI=1S/C19H21FN2O2/c20-16-6-3-5-15(12-16)18-13-22(10-11-24-18)19(23)9-8-14-4-1-2-7-17(14)21/h1-7,12,18H,8-11,13,21H2. The lowest BCUT2D eigenvalue weighted by Gasteiger charge is -2.33. The molecule has 4 nitrogen and oxygen atoms in total. The molecule has 1 saturated heterocycles. The number of aryl methyl sites for hydroxylation is 1. The van der Waals surface area contributed by atoms with Gasteiger partial charge >= 0.3 is 0 Å². The van der Waals surface area contributed by atoms with E-state index in [0.29, 0.717) is 38.2 Å². The van der Waals surface area contributed by atoms with Crippen LogP contribution in [-0.4, -0.2) is 30.5 Å². The van der Waals surface area contributed by atoms with Gasteiger partial charge in [-0.3, -0.25) is 4.79 Å². The van der Waals surface area contributed by atoms with E-state index in [1.165, 1.54) is 12.1 Å². The Kier molecular flexibility index (Phi) is 5.11. The number of nitrogen functional groups attached to an aromatic ring is 1. The summed E-state index contributed by atoms with van der Waals surface area (Å²) in [5.41, 5.74) is 8.38. The number of benzene rings is 2. The van der Waals surface area contributed by atoms with Crippen molar-refractivity contribution in [3.05, 3.63) is 65.5 Å². The summed E-state index contributed by atoms with van der Waals surface area (Å²) in [5, 5.41) is 0. The highest BCUT2D eigenvalue weighted by atomic mass is 19.1. The first-order chi connectivity index (χ1) is 11.6. The van der Waals surface area contributed by atoms with Gasteiger partial charge in [-0.05, 0) is 35.7 Å². The molecule has 126 valence electrons. The van der Waals surface area contributed by atoms with Gasteiger partial charge in [-0.2, -0.15) is 0 Å². The quantitative estimate of drug-likeness (QED) is 0.878. The minimum absolute atomic E-state index is 0.0722. The monoisotopic (exact) mass is 328 g/mol. The Bertz CT molecular complexity index is 720. The number of hydrogen-bond donors (Lipinski definition) is 1. The van der Waals surface area contributed by atoms with Crippen LogP contribution in [0.25, 0.3) is 0 Å². The molecule has 5 heteroatoms. The fraction of sp³-hybridized carbons (Fsp3) is 0.316. The van der Waals surface area contributed by atoms with E-state index >= 15 is 0 Å². The number of rotatable bonds is 4. The molecular formula is C19H21FN2O2. The van der Waals surface area contributed by atoms with Crippen molar-refractivity contribution in [2.24, 2.45) is 0 Å². The molecule has 0 aliphatic carbocycles. The van der Waals surface area contributed by atoms with Gasteiger partial charge < -0.3 is 15.4 Å². The Morgan fingerprint density at radius 3 is 2.88 bits per heavy atom. The molecule has 1 unspecified atom stereocenters. The molecule has 0 aromatic heterocycles. The molecule has 0 spiro atoms. The summed E-state index contributed by atoms with van der Waals surface area (Å²) in [6.07, 6.45) is 0.748. The summed E-state index contributed by atoms with van der Waals surface area (Å²) < 4.78 is 19.1. The van der Waals surface area contributed by atoms with Crippen molar-refractivity contribution in [1.29, 1.82) is 0 Å². The van der Waals surface area contributed by atoms with E-state index in [1.807, 2.05) is 30.3 Å². The van der Waals surface area contributed by atoms with Crippen LogP contribution in [0.5, 0.6) is 0 Å². The first-order valence-electron chi connectivity index (χ1n) is 8.11. The van der Waals surface area contributed by atoms with Crippen LogP contribution >= 0.6 is 0 Å². The van der Waals surface area contributed by atoms with Gasteiger partial charge in [-0.1, -0.05) is 30.3 Å². The second kappa shape index (κ2) is 7.45. The lowest BCUT2D eigenvalue weighted by Crippen LogP contribution is -2.42. The Balaban J connectivity index is 1.60. The highest BCUT2D eigenvalue weighted by Gasteiger charge is 2.25. The summed E-state index contributed by atoms with van der Waals surface area (Å²) in [4.78, 5) is 14.3. The predicted octanol–water partition coefficient (Wildman–Crippen LogP) is 2.94. The third kappa shape index (κ3) is 3.92. The van der Waals surface area contributed by atoms with Gasteiger partial charge in [0.1, 0.15) is 11.9 Å². The zero-order valence-electron chi connectivity index (χ0n) is 13.5. The maximum absolute atomic E-state index is 13.4. The number of nitrogens with two attached hydrogens (primary N) is 1. The Morgan fingerprint density at radius 1 is 1.25 bits per heavy atom. The van der Waals surface area contributed by atoms with Gasteiger partial charge in [-0.15, -0.1) is 0 Å². The largest absolute Gasteiger partial charge is 0.399 e. The van der Waals surface area contributed by atoms with Gasteiger partial charge in [0, 0.05) is 18.7 Å². The number of ether oxygens (including phenoxy) is 1. The second-order valence-corrected chi connectivity index (χ2v) is 5.95. The minimum Gasteiger partial charge on any atom is -0.399 e. The molecule has 1 aliphatic rings. The first kappa shape index (κ1) is 16.5. The first-order valence-corrected chi connectivity index (χ1v) is 8.11. The number of amides is 1. The van der Waals surface area contributed by atoms with E-state index in [4.69, 9.17) is 10.5 Å². The average molecular weight is 328 g/mol. The van der Waals surface area contributed by atoms with Crippen LogP contribution < -0.4 is 5.73 Å². The van der Waals surface area contributed by atoms with E-state index in [-0.39, 0.29) is 17.8 Å². The molecule has 1 heterocycles. The summed E-state index contributed by atoms with van der Waals surface area (Å²) in [6, 6.07) is 13.9. The molecule has 1 aliphatic heterocycles. The van der Waals surface area contributed by atoms with Gasteiger partial charge in [0.15, 0.2) is 0 Å². The molecule has 3 rings (SSSR count). The number of anilines is 1. The van der Waals surface area contributed by atoms with E-state index in [0.717, 1.165) is 11.1 Å². The topological polar surface area (TPSA) is 55.6 Å². The van der Waals surface area contributed by atoms with Crippen LogP contribution in [0, 0.1) is 5.82 Å². The summed E-state index contributed by atoms with van der Waals surface area (Å²) in [5.74, 6) is -0.220. The van der Waals surface area contributed by atoms with Crippen LogP contribution in [0.3, 0.4) is 0 Å². The fourth-order valence-electron chi connectivity index (χ4n) is 2.95. The number of nitrogens with zero attached hydrogens (tertiary/aromatic N) is 1. The number of carbonyl (C=O) groups excluding carboxylic acids is 1. The van der Waals surface area contributed by atoms with Crippen molar-refractivity contribution < 1.29 is 13.9 Å². The molecule has 2 aromatic rings. The van der Waals surface area contributed by atoms with Crippen LogP contribution in [0.4, 0.5) is 10.1 Å². The smallest absolute Gasteiger partial charge is 0.223 e. The van der Waals surface area contributed by atoms with Crippen LogP contribution in [-0.2, 0) is 16.0 Å². The third-order valence-electron chi connectivity index (χ3n) is 4.30. The van der Waals surface area contributed by atoms with Crippen molar-refractivity contribution in [2.75, 3.05) is 25.4 Å². The number of para-hydroxylation sites is 1. The van der Waals surface area contributed by atoms with E-state index < -0.39 is 0 Å². The van der Waals surface area contributed by atoms with Crippen molar-refractivity contribution >= 4 is 11.6 Å². The molecule has 24 heavy (non-hydrogen) atoms. The summed E-state index contributed by atoms with van der Waals surface area (Å²) in [6.45, 7) is 1.47. The SMILES string of the molecule is Nc1ccccc1CCC(=O)N1CCOC(c2cccc(F)c2)C1. The number of hydrogen-bond acceptors (Lipinski definition) is 3. The Hall–Kier alpha value is -2.40.